The summed E-state index contributed by atoms with van der Waals surface area (Å²) in [6, 6.07) is 15.0. The van der Waals surface area contributed by atoms with Crippen LogP contribution in [0.25, 0.3) is 0 Å². The van der Waals surface area contributed by atoms with Gasteiger partial charge in [-0.25, -0.2) is 4.39 Å². The van der Waals surface area contributed by atoms with E-state index in [0.29, 0.717) is 23.7 Å². The lowest BCUT2D eigenvalue weighted by atomic mass is 10.2. The molecule has 2 N–H and O–H groups in total. The molecule has 0 aliphatic heterocycles. The molecule has 1 aromatic heterocycles. The molecule has 1 atom stereocenters. The predicted molar refractivity (Wildman–Crippen MR) is 114 cm³/mol. The predicted octanol–water partition coefficient (Wildman–Crippen LogP) is 4.85. The molecule has 2 aromatic carbocycles. The van der Waals surface area contributed by atoms with Crippen molar-refractivity contribution >= 4 is 22.9 Å². The normalized spacial score (nSPS) is 11.6. The molecule has 1 heterocycles. The fourth-order valence-electron chi connectivity index (χ4n) is 2.73. The highest BCUT2D eigenvalue weighted by molar-refractivity contribution is 7.09. The number of benzene rings is 2. The highest BCUT2D eigenvalue weighted by Gasteiger charge is 2.14. The first kappa shape index (κ1) is 20.7. The number of ether oxygens (including phenoxy) is 2. The van der Waals surface area contributed by atoms with E-state index < -0.39 is 11.9 Å². The number of anilines is 1. The molecule has 0 aliphatic rings. The van der Waals surface area contributed by atoms with Gasteiger partial charge in [-0.05, 0) is 49.1 Å². The van der Waals surface area contributed by atoms with Crippen LogP contribution in [0.15, 0.2) is 60.0 Å². The van der Waals surface area contributed by atoms with Crippen molar-refractivity contribution in [3.8, 4) is 17.2 Å². The second kappa shape index (κ2) is 9.93. The Kier molecular flexibility index (Phi) is 7.08. The first-order valence-electron chi connectivity index (χ1n) is 9.24. The largest absolute Gasteiger partial charge is 0.493 e. The van der Waals surface area contributed by atoms with Gasteiger partial charge in [0.05, 0.1) is 7.11 Å². The average molecular weight is 415 g/mol. The summed E-state index contributed by atoms with van der Waals surface area (Å²) in [6.07, 6.45) is 0.791. The lowest BCUT2D eigenvalue weighted by Crippen LogP contribution is -2.38. The smallest absolute Gasteiger partial charge is 0.242 e. The van der Waals surface area contributed by atoms with E-state index in [2.05, 4.69) is 10.6 Å². The molecule has 7 heteroatoms. The molecule has 3 aromatic rings. The molecule has 0 spiro atoms. The van der Waals surface area contributed by atoms with Gasteiger partial charge in [0.25, 0.3) is 0 Å². The van der Waals surface area contributed by atoms with Gasteiger partial charge >= 0.3 is 0 Å². The molecule has 3 rings (SSSR count). The summed E-state index contributed by atoms with van der Waals surface area (Å²) in [7, 11) is 1.53. The average Bonchev–Trinajstić information content (AvgIpc) is 3.23. The van der Waals surface area contributed by atoms with Crippen LogP contribution in [0.5, 0.6) is 17.2 Å². The quantitative estimate of drug-likeness (QED) is 0.526. The van der Waals surface area contributed by atoms with Gasteiger partial charge in [0, 0.05) is 23.2 Å². The van der Waals surface area contributed by atoms with Crippen LogP contribution in [0.2, 0.25) is 0 Å². The SMILES string of the molecule is COc1ccccc1Oc1ccc(NC(C)C(=O)NCCc2cccs2)cc1F. The van der Waals surface area contributed by atoms with E-state index in [1.165, 1.54) is 24.1 Å². The third-order valence-corrected chi connectivity index (χ3v) is 5.18. The molecule has 0 saturated carbocycles. The lowest BCUT2D eigenvalue weighted by molar-refractivity contribution is -0.121. The molecule has 29 heavy (non-hydrogen) atoms. The van der Waals surface area contributed by atoms with Gasteiger partial charge in [-0.1, -0.05) is 18.2 Å². The highest BCUT2D eigenvalue weighted by Crippen LogP contribution is 2.33. The fourth-order valence-corrected chi connectivity index (χ4v) is 3.44. The van der Waals surface area contributed by atoms with Crippen LogP contribution in [0.1, 0.15) is 11.8 Å². The monoisotopic (exact) mass is 414 g/mol. The summed E-state index contributed by atoms with van der Waals surface area (Å²) in [4.78, 5) is 13.5. The van der Waals surface area contributed by atoms with Gasteiger partial charge in [0.2, 0.25) is 5.91 Å². The van der Waals surface area contributed by atoms with Crippen molar-refractivity contribution in [3.63, 3.8) is 0 Å². The third-order valence-electron chi connectivity index (χ3n) is 4.25. The van der Waals surface area contributed by atoms with Crippen LogP contribution in [-0.4, -0.2) is 25.6 Å². The second-order valence-electron chi connectivity index (χ2n) is 6.38. The standard InChI is InChI=1S/C22H23FN2O3S/c1-15(22(26)24-12-11-17-6-5-13-29-17)25-16-9-10-19(18(23)14-16)28-21-8-4-3-7-20(21)27-2/h3-10,13-15,25H,11-12H2,1-2H3,(H,24,26). The van der Waals surface area contributed by atoms with E-state index >= 15 is 0 Å². The molecule has 0 radical (unpaired) electrons. The molecule has 0 saturated heterocycles. The summed E-state index contributed by atoms with van der Waals surface area (Å²) in [5.41, 5.74) is 0.496. The lowest BCUT2D eigenvalue weighted by Gasteiger charge is -2.16. The molecule has 0 bridgehead atoms. The van der Waals surface area contributed by atoms with E-state index in [0.717, 1.165) is 6.42 Å². The van der Waals surface area contributed by atoms with Crippen molar-refractivity contribution in [1.29, 1.82) is 0 Å². The second-order valence-corrected chi connectivity index (χ2v) is 7.42. The van der Waals surface area contributed by atoms with Crippen LogP contribution < -0.4 is 20.1 Å². The Hall–Kier alpha value is -3.06. The number of halogens is 1. The first-order valence-corrected chi connectivity index (χ1v) is 10.1. The molecule has 5 nitrogen and oxygen atoms in total. The zero-order valence-electron chi connectivity index (χ0n) is 16.3. The van der Waals surface area contributed by atoms with Gasteiger partial charge in [-0.2, -0.15) is 0 Å². The van der Waals surface area contributed by atoms with Crippen molar-refractivity contribution in [2.45, 2.75) is 19.4 Å². The molecular formula is C22H23FN2O3S. The Morgan fingerprint density at radius 1 is 1.10 bits per heavy atom. The zero-order valence-corrected chi connectivity index (χ0v) is 17.1. The van der Waals surface area contributed by atoms with Crippen LogP contribution in [0.3, 0.4) is 0 Å². The van der Waals surface area contributed by atoms with Crippen LogP contribution in [-0.2, 0) is 11.2 Å². The Labute approximate surface area is 173 Å². The summed E-state index contributed by atoms with van der Waals surface area (Å²) in [5, 5.41) is 7.91. The van der Waals surface area contributed by atoms with Crippen LogP contribution in [0.4, 0.5) is 10.1 Å². The number of amides is 1. The molecule has 1 unspecified atom stereocenters. The number of methoxy groups -OCH3 is 1. The van der Waals surface area contributed by atoms with E-state index in [1.807, 2.05) is 23.6 Å². The number of rotatable bonds is 9. The number of carbonyl (C=O) groups is 1. The van der Waals surface area contributed by atoms with Gasteiger partial charge in [0.1, 0.15) is 6.04 Å². The van der Waals surface area contributed by atoms with Gasteiger partial charge in [-0.3, -0.25) is 4.79 Å². The van der Waals surface area contributed by atoms with E-state index in [-0.39, 0.29) is 11.7 Å². The number of hydrogen-bond acceptors (Lipinski definition) is 5. The third kappa shape index (κ3) is 5.71. The van der Waals surface area contributed by atoms with Crippen molar-refractivity contribution in [2.75, 3.05) is 19.0 Å². The highest BCUT2D eigenvalue weighted by atomic mass is 32.1. The maximum Gasteiger partial charge on any atom is 0.242 e. The number of thiophene rings is 1. The molecule has 0 aliphatic carbocycles. The molecule has 152 valence electrons. The Morgan fingerprint density at radius 2 is 1.90 bits per heavy atom. The van der Waals surface area contributed by atoms with Gasteiger partial charge in [-0.15, -0.1) is 11.3 Å². The number of nitrogens with one attached hydrogen (secondary N) is 2. The van der Waals surface area contributed by atoms with E-state index in [9.17, 15) is 9.18 Å². The Morgan fingerprint density at radius 3 is 2.59 bits per heavy atom. The van der Waals surface area contributed by atoms with E-state index in [4.69, 9.17) is 9.47 Å². The summed E-state index contributed by atoms with van der Waals surface area (Å²) >= 11 is 1.66. The Bertz CT molecular complexity index is 947. The number of hydrogen-bond donors (Lipinski definition) is 2. The minimum absolute atomic E-state index is 0.0769. The van der Waals surface area contributed by atoms with Crippen LogP contribution >= 0.6 is 11.3 Å². The topological polar surface area (TPSA) is 59.6 Å². The van der Waals surface area contributed by atoms with Crippen LogP contribution in [0, 0.1) is 5.82 Å². The van der Waals surface area contributed by atoms with E-state index in [1.54, 1.807) is 42.5 Å². The number of para-hydroxylation sites is 2. The minimum Gasteiger partial charge on any atom is -0.493 e. The van der Waals surface area contributed by atoms with Gasteiger partial charge in [0.15, 0.2) is 23.1 Å². The van der Waals surface area contributed by atoms with Crippen molar-refractivity contribution in [2.24, 2.45) is 0 Å². The fraction of sp³-hybridized carbons (Fsp3) is 0.227. The first-order chi connectivity index (χ1) is 14.1. The van der Waals surface area contributed by atoms with Gasteiger partial charge < -0.3 is 20.1 Å². The maximum atomic E-state index is 14.5. The molecule has 0 fully saturated rings. The van der Waals surface area contributed by atoms with Crippen molar-refractivity contribution < 1.29 is 18.7 Å². The zero-order chi connectivity index (χ0) is 20.6. The van der Waals surface area contributed by atoms with Crippen molar-refractivity contribution in [1.82, 2.24) is 5.32 Å². The molecule has 1 amide bonds. The summed E-state index contributed by atoms with van der Waals surface area (Å²) < 4.78 is 25.3. The summed E-state index contributed by atoms with van der Waals surface area (Å²) in [5.74, 6) is 0.339. The maximum absolute atomic E-state index is 14.5. The number of carbonyl (C=O) groups excluding carboxylic acids is 1. The van der Waals surface area contributed by atoms with Crippen molar-refractivity contribution in [3.05, 3.63) is 70.7 Å². The summed E-state index contributed by atoms with van der Waals surface area (Å²) in [6.45, 7) is 2.29. The Balaban J connectivity index is 1.55. The minimum atomic E-state index is -0.536. The molecular weight excluding hydrogens is 391 g/mol.